The number of carbonyl (C=O) groups excluding carboxylic acids is 1. The van der Waals surface area contributed by atoms with Crippen LogP contribution in [0.15, 0.2) is 22.7 Å². The number of anilines is 1. The molecule has 6 heteroatoms. The van der Waals surface area contributed by atoms with Crippen molar-refractivity contribution in [3.63, 3.8) is 0 Å². The largest absolute Gasteiger partial charge is 0.492 e. The van der Waals surface area contributed by atoms with Gasteiger partial charge in [-0.1, -0.05) is 15.9 Å². The highest BCUT2D eigenvalue weighted by molar-refractivity contribution is 9.10. The summed E-state index contributed by atoms with van der Waals surface area (Å²) in [4.78, 5) is 12.4. The van der Waals surface area contributed by atoms with Crippen molar-refractivity contribution in [3.05, 3.63) is 22.7 Å². The number of halogens is 2. The van der Waals surface area contributed by atoms with E-state index in [0.29, 0.717) is 18.4 Å². The topological polar surface area (TPSA) is 50.4 Å². The molecule has 0 unspecified atom stereocenters. The van der Waals surface area contributed by atoms with Gasteiger partial charge in [0.25, 0.3) is 0 Å². The zero-order chi connectivity index (χ0) is 14.5. The van der Waals surface area contributed by atoms with Crippen molar-refractivity contribution < 1.29 is 9.53 Å². The van der Waals surface area contributed by atoms with Crippen LogP contribution in [0.5, 0.6) is 5.75 Å². The fourth-order valence-electron chi connectivity index (χ4n) is 2.49. The number of hydrogen-bond donors (Lipinski definition) is 2. The summed E-state index contributed by atoms with van der Waals surface area (Å²) in [5, 5.41) is 6.36. The highest BCUT2D eigenvalue weighted by Crippen LogP contribution is 2.29. The third kappa shape index (κ3) is 5.16. The molecule has 1 fully saturated rings. The van der Waals surface area contributed by atoms with E-state index >= 15 is 0 Å². The van der Waals surface area contributed by atoms with Crippen LogP contribution < -0.4 is 15.4 Å². The molecule has 2 rings (SSSR count). The Labute approximate surface area is 140 Å². The van der Waals surface area contributed by atoms with Gasteiger partial charge in [-0.15, -0.1) is 12.4 Å². The van der Waals surface area contributed by atoms with Crippen molar-refractivity contribution in [2.75, 3.05) is 18.5 Å². The van der Waals surface area contributed by atoms with E-state index in [4.69, 9.17) is 4.74 Å². The van der Waals surface area contributed by atoms with Crippen LogP contribution in [0.25, 0.3) is 0 Å². The molecule has 2 N–H and O–H groups in total. The lowest BCUT2D eigenvalue weighted by molar-refractivity contribution is -0.120. The second-order valence-corrected chi connectivity index (χ2v) is 6.05. The average Bonchev–Trinajstić information content (AvgIpc) is 2.42. The lowest BCUT2D eigenvalue weighted by atomic mass is 9.92. The van der Waals surface area contributed by atoms with E-state index in [0.717, 1.165) is 29.5 Å². The van der Waals surface area contributed by atoms with E-state index in [9.17, 15) is 4.79 Å². The number of benzene rings is 1. The minimum atomic E-state index is 0. The summed E-state index contributed by atoms with van der Waals surface area (Å²) in [5.41, 5.74) is 0.734. The maximum atomic E-state index is 12.4. The molecule has 1 aromatic rings. The summed E-state index contributed by atoms with van der Waals surface area (Å²) in [6.45, 7) is 5.53. The summed E-state index contributed by atoms with van der Waals surface area (Å²) in [6.07, 6.45) is 1.76. The molecule has 0 aliphatic carbocycles. The summed E-state index contributed by atoms with van der Waals surface area (Å²) in [5.74, 6) is 0.864. The first-order valence-corrected chi connectivity index (χ1v) is 7.86. The Balaban J connectivity index is 0.00000220. The molecular formula is C15H22BrClN2O2. The molecule has 1 heterocycles. The standard InChI is InChI=1S/C15H21BrN2O2.ClH/c1-3-20-14-5-4-12(16)9-13(14)18-15(19)11-6-7-17-10(2)8-11;/h4-5,9-11,17H,3,6-8H2,1-2H3,(H,18,19);1H/t10-,11-;/m0./s1. The minimum absolute atomic E-state index is 0. The van der Waals surface area contributed by atoms with Crippen molar-refractivity contribution in [3.8, 4) is 5.75 Å². The van der Waals surface area contributed by atoms with Crippen molar-refractivity contribution in [2.24, 2.45) is 5.92 Å². The molecule has 0 bridgehead atoms. The van der Waals surface area contributed by atoms with Gasteiger partial charge in [-0.3, -0.25) is 4.79 Å². The van der Waals surface area contributed by atoms with Crippen LogP contribution in [-0.4, -0.2) is 25.1 Å². The van der Waals surface area contributed by atoms with Crippen LogP contribution in [-0.2, 0) is 4.79 Å². The number of piperidine rings is 1. The van der Waals surface area contributed by atoms with Gasteiger partial charge in [-0.25, -0.2) is 0 Å². The lowest BCUT2D eigenvalue weighted by Gasteiger charge is -2.27. The molecule has 0 radical (unpaired) electrons. The number of carbonyl (C=O) groups is 1. The van der Waals surface area contributed by atoms with Gasteiger partial charge in [-0.05, 0) is 51.4 Å². The van der Waals surface area contributed by atoms with Gasteiger partial charge in [0.05, 0.1) is 12.3 Å². The maximum absolute atomic E-state index is 12.4. The lowest BCUT2D eigenvalue weighted by Crippen LogP contribution is -2.40. The van der Waals surface area contributed by atoms with Gasteiger partial charge >= 0.3 is 0 Å². The zero-order valence-corrected chi connectivity index (χ0v) is 14.7. The number of rotatable bonds is 4. The van der Waals surface area contributed by atoms with Crippen molar-refractivity contribution in [1.82, 2.24) is 5.32 Å². The SMILES string of the molecule is CCOc1ccc(Br)cc1NC(=O)[C@H]1CCN[C@@H](C)C1.Cl. The van der Waals surface area contributed by atoms with Crippen LogP contribution in [0.2, 0.25) is 0 Å². The van der Waals surface area contributed by atoms with Gasteiger partial charge in [-0.2, -0.15) is 0 Å². The number of nitrogens with one attached hydrogen (secondary N) is 2. The van der Waals surface area contributed by atoms with Gasteiger partial charge in [0, 0.05) is 16.4 Å². The quantitative estimate of drug-likeness (QED) is 0.843. The number of hydrogen-bond acceptors (Lipinski definition) is 3. The third-order valence-corrected chi connectivity index (χ3v) is 3.99. The Bertz CT molecular complexity index is 485. The van der Waals surface area contributed by atoms with Crippen LogP contribution in [0.3, 0.4) is 0 Å². The van der Waals surface area contributed by atoms with Crippen LogP contribution in [0.4, 0.5) is 5.69 Å². The first-order chi connectivity index (χ1) is 9.60. The number of amides is 1. The first-order valence-electron chi connectivity index (χ1n) is 7.06. The van der Waals surface area contributed by atoms with Crippen molar-refractivity contribution >= 4 is 39.9 Å². The van der Waals surface area contributed by atoms with E-state index in [1.54, 1.807) is 0 Å². The van der Waals surface area contributed by atoms with Crippen LogP contribution in [0.1, 0.15) is 26.7 Å². The zero-order valence-electron chi connectivity index (χ0n) is 12.3. The predicted octanol–water partition coefficient (Wildman–Crippen LogP) is 3.60. The van der Waals surface area contributed by atoms with E-state index in [1.165, 1.54) is 0 Å². The highest BCUT2D eigenvalue weighted by atomic mass is 79.9. The Kier molecular flexibility index (Phi) is 7.49. The molecular weight excluding hydrogens is 356 g/mol. The summed E-state index contributed by atoms with van der Waals surface area (Å²) in [6, 6.07) is 6.06. The fraction of sp³-hybridized carbons (Fsp3) is 0.533. The molecule has 0 saturated carbocycles. The van der Waals surface area contributed by atoms with Gasteiger partial charge in [0.15, 0.2) is 0 Å². The molecule has 2 atom stereocenters. The monoisotopic (exact) mass is 376 g/mol. The summed E-state index contributed by atoms with van der Waals surface area (Å²) < 4.78 is 6.48. The molecule has 0 aromatic heterocycles. The van der Waals surface area contributed by atoms with Gasteiger partial charge < -0.3 is 15.4 Å². The van der Waals surface area contributed by atoms with Crippen LogP contribution in [0, 0.1) is 5.92 Å². The first kappa shape index (κ1) is 18.3. The number of ether oxygens (including phenoxy) is 1. The molecule has 1 aliphatic heterocycles. The normalized spacial score (nSPS) is 21.3. The molecule has 1 aromatic carbocycles. The van der Waals surface area contributed by atoms with E-state index < -0.39 is 0 Å². The minimum Gasteiger partial charge on any atom is -0.492 e. The molecule has 118 valence electrons. The van der Waals surface area contributed by atoms with Gasteiger partial charge in [0.2, 0.25) is 5.91 Å². The van der Waals surface area contributed by atoms with Gasteiger partial charge in [0.1, 0.15) is 5.75 Å². The summed E-state index contributed by atoms with van der Waals surface area (Å²) >= 11 is 3.43. The Morgan fingerprint density at radius 3 is 2.95 bits per heavy atom. The third-order valence-electron chi connectivity index (χ3n) is 3.49. The molecule has 1 aliphatic rings. The van der Waals surface area contributed by atoms with E-state index in [-0.39, 0.29) is 24.2 Å². The second kappa shape index (κ2) is 8.61. The highest BCUT2D eigenvalue weighted by Gasteiger charge is 2.25. The van der Waals surface area contributed by atoms with E-state index in [1.807, 2.05) is 25.1 Å². The van der Waals surface area contributed by atoms with E-state index in [2.05, 4.69) is 33.5 Å². The van der Waals surface area contributed by atoms with Crippen molar-refractivity contribution in [2.45, 2.75) is 32.7 Å². The fourth-order valence-corrected chi connectivity index (χ4v) is 2.85. The Morgan fingerprint density at radius 1 is 1.52 bits per heavy atom. The average molecular weight is 378 g/mol. The molecule has 1 saturated heterocycles. The van der Waals surface area contributed by atoms with Crippen molar-refractivity contribution in [1.29, 1.82) is 0 Å². The molecule has 1 amide bonds. The molecule has 0 spiro atoms. The predicted molar refractivity (Wildman–Crippen MR) is 91.4 cm³/mol. The summed E-state index contributed by atoms with van der Waals surface area (Å²) in [7, 11) is 0. The Morgan fingerprint density at radius 2 is 2.29 bits per heavy atom. The van der Waals surface area contributed by atoms with Crippen LogP contribution >= 0.6 is 28.3 Å². The maximum Gasteiger partial charge on any atom is 0.227 e. The smallest absolute Gasteiger partial charge is 0.227 e. The second-order valence-electron chi connectivity index (χ2n) is 5.14. The molecule has 4 nitrogen and oxygen atoms in total. The molecule has 21 heavy (non-hydrogen) atoms. The Hall–Kier alpha value is -0.780.